The second-order valence-corrected chi connectivity index (χ2v) is 13.6. The van der Waals surface area contributed by atoms with E-state index >= 15 is 0 Å². The highest BCUT2D eigenvalue weighted by atomic mass is 79.9. The van der Waals surface area contributed by atoms with Crippen molar-refractivity contribution < 1.29 is 14.3 Å². The first kappa shape index (κ1) is 32.1. The molecule has 0 bridgehead atoms. The van der Waals surface area contributed by atoms with Gasteiger partial charge in [0.2, 0.25) is 0 Å². The molecule has 1 aliphatic heterocycles. The van der Waals surface area contributed by atoms with E-state index in [4.69, 9.17) is 14.5 Å². The van der Waals surface area contributed by atoms with Crippen LogP contribution < -0.4 is 19.6 Å². The average molecular weight is 739 g/mol. The number of halogens is 2. The van der Waals surface area contributed by atoms with Crippen LogP contribution in [0.5, 0.6) is 5.75 Å². The van der Waals surface area contributed by atoms with Crippen molar-refractivity contribution in [1.82, 2.24) is 4.57 Å². The van der Waals surface area contributed by atoms with Gasteiger partial charge in [-0.25, -0.2) is 9.79 Å². The van der Waals surface area contributed by atoms with Gasteiger partial charge in [-0.1, -0.05) is 96.9 Å². The number of carbonyl (C=O) groups is 1. The molecular formula is C35H34Br2N2O4S. The Hall–Kier alpha value is -3.27. The molecule has 1 aromatic heterocycles. The molecule has 0 amide bonds. The molecule has 1 aliphatic rings. The number of allylic oxidation sites excluding steroid dienone is 1. The van der Waals surface area contributed by atoms with E-state index < -0.39 is 12.0 Å². The molecule has 6 nitrogen and oxygen atoms in total. The normalized spacial score (nSPS) is 14.9. The summed E-state index contributed by atoms with van der Waals surface area (Å²) < 4.78 is 15.5. The first-order valence-corrected chi connectivity index (χ1v) is 17.1. The predicted octanol–water partition coefficient (Wildman–Crippen LogP) is 7.81. The van der Waals surface area contributed by atoms with Gasteiger partial charge in [-0.15, -0.1) is 0 Å². The molecule has 44 heavy (non-hydrogen) atoms. The Morgan fingerprint density at radius 1 is 1.05 bits per heavy atom. The van der Waals surface area contributed by atoms with E-state index in [9.17, 15) is 9.59 Å². The number of rotatable bonds is 10. The van der Waals surface area contributed by atoms with Crippen LogP contribution in [0.1, 0.15) is 74.8 Å². The number of hydrogen-bond donors (Lipinski definition) is 0. The van der Waals surface area contributed by atoms with Crippen molar-refractivity contribution in [3.05, 3.63) is 129 Å². The minimum absolute atomic E-state index is 0.198. The third kappa shape index (κ3) is 7.00. The molecule has 0 spiro atoms. The fourth-order valence-electron chi connectivity index (χ4n) is 5.12. The van der Waals surface area contributed by atoms with Gasteiger partial charge in [0.1, 0.15) is 12.4 Å². The zero-order valence-electron chi connectivity index (χ0n) is 25.1. The Bertz CT molecular complexity index is 1870. The molecule has 5 rings (SSSR count). The molecule has 0 fully saturated rings. The minimum Gasteiger partial charge on any atom is -0.488 e. The van der Waals surface area contributed by atoms with Crippen LogP contribution in [0, 0.1) is 0 Å². The van der Waals surface area contributed by atoms with Crippen LogP contribution in [0.3, 0.4) is 0 Å². The predicted molar refractivity (Wildman–Crippen MR) is 183 cm³/mol. The van der Waals surface area contributed by atoms with Crippen molar-refractivity contribution in [3.8, 4) is 5.75 Å². The number of esters is 1. The highest BCUT2D eigenvalue weighted by Crippen LogP contribution is 2.33. The van der Waals surface area contributed by atoms with Gasteiger partial charge in [0.05, 0.1) is 32.9 Å². The topological polar surface area (TPSA) is 69.9 Å². The Labute approximate surface area is 278 Å². The lowest BCUT2D eigenvalue weighted by Crippen LogP contribution is -2.40. The van der Waals surface area contributed by atoms with E-state index in [1.165, 1.54) is 16.9 Å². The van der Waals surface area contributed by atoms with E-state index in [2.05, 4.69) is 64.8 Å². The van der Waals surface area contributed by atoms with E-state index in [0.717, 1.165) is 32.1 Å². The first-order valence-electron chi connectivity index (χ1n) is 14.7. The van der Waals surface area contributed by atoms with Crippen LogP contribution in [0.15, 0.2) is 96.7 Å². The Morgan fingerprint density at radius 2 is 1.77 bits per heavy atom. The van der Waals surface area contributed by atoms with Crippen LogP contribution in [-0.2, 0) is 16.1 Å². The summed E-state index contributed by atoms with van der Waals surface area (Å²) in [5.74, 6) is 0.632. The summed E-state index contributed by atoms with van der Waals surface area (Å²) in [5, 5.41) is 0. The van der Waals surface area contributed by atoms with E-state index in [1.807, 2.05) is 60.7 Å². The van der Waals surface area contributed by atoms with Gasteiger partial charge in [0.25, 0.3) is 5.56 Å². The third-order valence-corrected chi connectivity index (χ3v) is 9.50. The Morgan fingerprint density at radius 3 is 2.41 bits per heavy atom. The summed E-state index contributed by atoms with van der Waals surface area (Å²) in [5.41, 5.74) is 4.84. The van der Waals surface area contributed by atoms with Crippen LogP contribution in [0.4, 0.5) is 0 Å². The fraction of sp³-hybridized carbons (Fsp3) is 0.286. The van der Waals surface area contributed by atoms with Gasteiger partial charge in [-0.2, -0.15) is 0 Å². The average Bonchev–Trinajstić information content (AvgIpc) is 3.31. The summed E-state index contributed by atoms with van der Waals surface area (Å²) in [6, 6.07) is 21.3. The molecule has 0 aliphatic carbocycles. The van der Waals surface area contributed by atoms with Crippen molar-refractivity contribution in [2.45, 2.75) is 59.1 Å². The molecule has 0 saturated heterocycles. The van der Waals surface area contributed by atoms with Gasteiger partial charge < -0.3 is 9.47 Å². The number of nitrogens with zero attached hydrogens (tertiary/aromatic N) is 2. The molecule has 3 aromatic carbocycles. The lowest BCUT2D eigenvalue weighted by atomic mass is 9.92. The van der Waals surface area contributed by atoms with E-state index in [1.54, 1.807) is 11.5 Å². The fourth-order valence-corrected chi connectivity index (χ4v) is 6.91. The van der Waals surface area contributed by atoms with Crippen molar-refractivity contribution in [1.29, 1.82) is 0 Å². The largest absolute Gasteiger partial charge is 0.488 e. The minimum atomic E-state index is -0.628. The van der Waals surface area contributed by atoms with Gasteiger partial charge in [-0.05, 0) is 87.8 Å². The van der Waals surface area contributed by atoms with Crippen LogP contribution in [-0.4, -0.2) is 17.1 Å². The van der Waals surface area contributed by atoms with Gasteiger partial charge in [0, 0.05) is 4.47 Å². The third-order valence-electron chi connectivity index (χ3n) is 7.37. The summed E-state index contributed by atoms with van der Waals surface area (Å²) in [7, 11) is 0. The van der Waals surface area contributed by atoms with Crippen LogP contribution >= 0.6 is 43.2 Å². The maximum Gasteiger partial charge on any atom is 0.338 e. The number of thiazole rings is 1. The van der Waals surface area contributed by atoms with Gasteiger partial charge in [0.15, 0.2) is 4.80 Å². The molecule has 4 aromatic rings. The van der Waals surface area contributed by atoms with E-state index in [-0.39, 0.29) is 12.2 Å². The zero-order valence-corrected chi connectivity index (χ0v) is 29.1. The summed E-state index contributed by atoms with van der Waals surface area (Å²) >= 11 is 8.42. The van der Waals surface area contributed by atoms with Crippen molar-refractivity contribution in [2.75, 3.05) is 6.61 Å². The SMILES string of the molecule is CCCC1=C(C(=O)OCC)[C@@H](c2ccc(C(C)C)cc2)n2c(s/c(=C\c3ccc(OCc4ccc(Br)cc4)c(Br)c3)c2=O)=N1. The number of ether oxygens (including phenoxy) is 2. The van der Waals surface area contributed by atoms with Crippen molar-refractivity contribution >= 4 is 55.2 Å². The van der Waals surface area contributed by atoms with Crippen LogP contribution in [0.25, 0.3) is 6.08 Å². The summed E-state index contributed by atoms with van der Waals surface area (Å²) in [6.07, 6.45) is 3.27. The molecule has 228 valence electrons. The second-order valence-electron chi connectivity index (χ2n) is 10.8. The van der Waals surface area contributed by atoms with E-state index in [0.29, 0.717) is 45.3 Å². The second kappa shape index (κ2) is 14.2. The lowest BCUT2D eigenvalue weighted by Gasteiger charge is -2.26. The van der Waals surface area contributed by atoms with Crippen molar-refractivity contribution in [2.24, 2.45) is 4.99 Å². The molecule has 0 radical (unpaired) electrons. The van der Waals surface area contributed by atoms with Gasteiger partial charge in [-0.3, -0.25) is 9.36 Å². The number of aromatic nitrogens is 1. The first-order chi connectivity index (χ1) is 21.2. The molecule has 9 heteroatoms. The number of benzene rings is 3. The number of fused-ring (bicyclic) bond motifs is 1. The van der Waals surface area contributed by atoms with Gasteiger partial charge >= 0.3 is 5.97 Å². The molecule has 0 N–H and O–H groups in total. The molecule has 2 heterocycles. The Balaban J connectivity index is 1.56. The molecule has 0 unspecified atom stereocenters. The summed E-state index contributed by atoms with van der Waals surface area (Å²) in [4.78, 5) is 32.9. The molecular weight excluding hydrogens is 704 g/mol. The highest BCUT2D eigenvalue weighted by molar-refractivity contribution is 9.10. The smallest absolute Gasteiger partial charge is 0.338 e. The molecule has 0 saturated carbocycles. The maximum atomic E-state index is 14.1. The van der Waals surface area contributed by atoms with Crippen LogP contribution in [0.2, 0.25) is 0 Å². The number of hydrogen-bond acceptors (Lipinski definition) is 6. The quantitative estimate of drug-likeness (QED) is 0.156. The van der Waals surface area contributed by atoms with Crippen molar-refractivity contribution in [3.63, 3.8) is 0 Å². The monoisotopic (exact) mass is 736 g/mol. The standard InChI is InChI=1S/C35H34Br2N2O4S/c1-5-7-28-31(34(41)42-6-2)32(25-13-11-24(12-14-25)21(3)4)39-33(40)30(44-35(39)38-28)19-23-10-17-29(27(37)18-23)43-20-22-8-15-26(36)16-9-22/h8-19,21,32H,5-7,20H2,1-4H3/b30-19-/t32-/m1/s1. The molecule has 1 atom stereocenters. The lowest BCUT2D eigenvalue weighted by molar-refractivity contribution is -0.139. The maximum absolute atomic E-state index is 14.1. The Kier molecular flexibility index (Phi) is 10.4. The number of carbonyl (C=O) groups excluding carboxylic acids is 1. The zero-order chi connectivity index (χ0) is 31.4. The highest BCUT2D eigenvalue weighted by Gasteiger charge is 2.34. The summed E-state index contributed by atoms with van der Waals surface area (Å²) in [6.45, 7) is 8.79.